The van der Waals surface area contributed by atoms with Gasteiger partial charge in [-0.15, -0.1) is 0 Å². The first kappa shape index (κ1) is 16.4. The first-order chi connectivity index (χ1) is 10.4. The first-order valence-corrected chi connectivity index (χ1v) is 6.84. The van der Waals surface area contributed by atoms with Crippen LogP contribution in [0.5, 0.6) is 5.75 Å². The largest absolute Gasteiger partial charge is 0.488 e. The number of ether oxygens (including phenoxy) is 1. The van der Waals surface area contributed by atoms with Gasteiger partial charge in [0, 0.05) is 13.0 Å². The summed E-state index contributed by atoms with van der Waals surface area (Å²) in [5.74, 6) is 0.726. The van der Waals surface area contributed by atoms with Gasteiger partial charge in [-0.2, -0.15) is 13.2 Å². The van der Waals surface area contributed by atoms with Gasteiger partial charge in [-0.3, -0.25) is 0 Å². The normalized spacial score (nSPS) is 16.8. The maximum absolute atomic E-state index is 12.4. The first-order valence-electron chi connectivity index (χ1n) is 6.84. The second kappa shape index (κ2) is 6.87. The number of para-hydroxylation sites is 1. The molecule has 0 spiro atoms. The predicted molar refractivity (Wildman–Crippen MR) is 72.7 cm³/mol. The van der Waals surface area contributed by atoms with Crippen LogP contribution < -0.4 is 10.1 Å². The Bertz CT molecular complexity index is 497. The molecule has 0 aliphatic carbocycles. The van der Waals surface area contributed by atoms with Crippen LogP contribution in [0.3, 0.4) is 0 Å². The third-order valence-electron chi connectivity index (χ3n) is 3.22. The van der Waals surface area contributed by atoms with Gasteiger partial charge >= 0.3 is 12.2 Å². The molecule has 0 saturated heterocycles. The minimum Gasteiger partial charge on any atom is -0.488 e. The Balaban J connectivity index is 1.84. The van der Waals surface area contributed by atoms with E-state index in [1.54, 1.807) is 6.07 Å². The van der Waals surface area contributed by atoms with E-state index in [2.05, 4.69) is 5.32 Å². The number of aliphatic hydroxyl groups excluding tert-OH is 1. The van der Waals surface area contributed by atoms with Crippen molar-refractivity contribution in [1.29, 1.82) is 0 Å². The highest BCUT2D eigenvalue weighted by molar-refractivity contribution is 5.74. The van der Waals surface area contributed by atoms with Crippen LogP contribution in [0, 0.1) is 0 Å². The molecule has 0 unspecified atom stereocenters. The van der Waals surface area contributed by atoms with Gasteiger partial charge in [0.15, 0.2) is 0 Å². The number of urea groups is 1. The maximum Gasteiger partial charge on any atom is 0.406 e. The number of nitrogens with zero attached hydrogens (tertiary/aromatic N) is 1. The lowest BCUT2D eigenvalue weighted by molar-refractivity contribution is -0.140. The number of hydrogen-bond donors (Lipinski definition) is 2. The van der Waals surface area contributed by atoms with Gasteiger partial charge in [-0.1, -0.05) is 18.2 Å². The van der Waals surface area contributed by atoms with E-state index in [0.29, 0.717) is 11.3 Å². The highest BCUT2D eigenvalue weighted by atomic mass is 19.4. The van der Waals surface area contributed by atoms with Crippen LogP contribution in [-0.4, -0.2) is 54.6 Å². The summed E-state index contributed by atoms with van der Waals surface area (Å²) in [5.41, 5.74) is 1.00. The Morgan fingerprint density at radius 2 is 2.14 bits per heavy atom. The number of halogens is 3. The van der Waals surface area contributed by atoms with E-state index in [9.17, 15) is 18.0 Å². The standard InChI is InChI=1S/C14H17F3N2O3/c15-14(16,17)9-19(5-6-20)13(21)18-8-11-7-10-3-1-2-4-12(10)22-11/h1-4,11,20H,5-9H2,(H,18,21)/t11-/m1/s1. The zero-order chi connectivity index (χ0) is 16.2. The molecule has 2 rings (SSSR count). The van der Waals surface area contributed by atoms with Crippen LogP contribution >= 0.6 is 0 Å². The fourth-order valence-corrected chi connectivity index (χ4v) is 2.27. The molecule has 1 aliphatic heterocycles. The minimum atomic E-state index is -4.51. The number of carbonyl (C=O) groups excluding carboxylic acids is 1. The third-order valence-corrected chi connectivity index (χ3v) is 3.22. The van der Waals surface area contributed by atoms with Crippen molar-refractivity contribution in [3.8, 4) is 5.75 Å². The topological polar surface area (TPSA) is 61.8 Å². The molecule has 22 heavy (non-hydrogen) atoms. The predicted octanol–water partition coefficient (Wildman–Crippen LogP) is 1.56. The molecule has 2 amide bonds. The maximum atomic E-state index is 12.4. The number of alkyl halides is 3. The lowest BCUT2D eigenvalue weighted by Crippen LogP contribution is -2.48. The van der Waals surface area contributed by atoms with E-state index >= 15 is 0 Å². The van der Waals surface area contributed by atoms with E-state index in [4.69, 9.17) is 9.84 Å². The average molecular weight is 318 g/mol. The molecule has 0 bridgehead atoms. The molecule has 1 aliphatic rings. The molecular formula is C14H17F3N2O3. The summed E-state index contributed by atoms with van der Waals surface area (Å²) in [6, 6.07) is 6.53. The van der Waals surface area contributed by atoms with E-state index in [1.807, 2.05) is 18.2 Å². The Morgan fingerprint density at radius 3 is 2.77 bits per heavy atom. The highest BCUT2D eigenvalue weighted by Crippen LogP contribution is 2.27. The molecule has 0 saturated carbocycles. The molecule has 1 atom stereocenters. The summed E-state index contributed by atoms with van der Waals surface area (Å²) in [7, 11) is 0. The number of fused-ring (bicyclic) bond motifs is 1. The molecule has 0 fully saturated rings. The van der Waals surface area contributed by atoms with E-state index in [-0.39, 0.29) is 19.2 Å². The van der Waals surface area contributed by atoms with Gasteiger partial charge in [0.25, 0.3) is 0 Å². The summed E-state index contributed by atoms with van der Waals surface area (Å²) < 4.78 is 42.7. The van der Waals surface area contributed by atoms with Crippen LogP contribution in [0.4, 0.5) is 18.0 Å². The van der Waals surface area contributed by atoms with Crippen molar-refractivity contribution in [2.24, 2.45) is 0 Å². The average Bonchev–Trinajstić information content (AvgIpc) is 2.85. The highest BCUT2D eigenvalue weighted by Gasteiger charge is 2.33. The number of nitrogens with one attached hydrogen (secondary N) is 1. The molecule has 0 aromatic heterocycles. The van der Waals surface area contributed by atoms with E-state index < -0.39 is 25.4 Å². The summed E-state index contributed by atoms with van der Waals surface area (Å²) in [6.07, 6.45) is -4.22. The van der Waals surface area contributed by atoms with Crippen LogP contribution in [0.15, 0.2) is 24.3 Å². The van der Waals surface area contributed by atoms with Gasteiger partial charge in [-0.05, 0) is 11.6 Å². The number of benzene rings is 1. The second-order valence-electron chi connectivity index (χ2n) is 5.00. The van der Waals surface area contributed by atoms with E-state index in [1.165, 1.54) is 0 Å². The molecule has 1 heterocycles. The Labute approximate surface area is 125 Å². The number of carbonyl (C=O) groups is 1. The molecule has 1 aromatic rings. The van der Waals surface area contributed by atoms with Crippen LogP contribution in [0.25, 0.3) is 0 Å². The van der Waals surface area contributed by atoms with Crippen molar-refractivity contribution in [1.82, 2.24) is 10.2 Å². The second-order valence-corrected chi connectivity index (χ2v) is 5.00. The van der Waals surface area contributed by atoms with Gasteiger partial charge < -0.3 is 20.1 Å². The Hall–Kier alpha value is -1.96. The van der Waals surface area contributed by atoms with Gasteiger partial charge in [0.1, 0.15) is 18.4 Å². The zero-order valence-electron chi connectivity index (χ0n) is 11.8. The van der Waals surface area contributed by atoms with Gasteiger partial charge in [-0.25, -0.2) is 4.79 Å². The van der Waals surface area contributed by atoms with Crippen molar-refractivity contribution in [2.75, 3.05) is 26.2 Å². The summed E-state index contributed by atoms with van der Waals surface area (Å²) in [5, 5.41) is 11.2. The summed E-state index contributed by atoms with van der Waals surface area (Å²) in [4.78, 5) is 12.3. The molecule has 0 radical (unpaired) electrons. The number of hydrogen-bond acceptors (Lipinski definition) is 3. The Morgan fingerprint density at radius 1 is 1.41 bits per heavy atom. The molecule has 5 nitrogen and oxygen atoms in total. The molecule has 1 aromatic carbocycles. The SMILES string of the molecule is O=C(NC[C@H]1Cc2ccccc2O1)N(CCO)CC(F)(F)F. The number of amides is 2. The van der Waals surface area contributed by atoms with E-state index in [0.717, 1.165) is 11.3 Å². The van der Waals surface area contributed by atoms with Crippen molar-refractivity contribution >= 4 is 6.03 Å². The summed E-state index contributed by atoms with van der Waals surface area (Å²) in [6.45, 7) is -2.20. The van der Waals surface area contributed by atoms with Crippen LogP contribution in [0.2, 0.25) is 0 Å². The molecule has 2 N–H and O–H groups in total. The van der Waals surface area contributed by atoms with Crippen molar-refractivity contribution < 1.29 is 27.8 Å². The van der Waals surface area contributed by atoms with Crippen LogP contribution in [0.1, 0.15) is 5.56 Å². The fraction of sp³-hybridized carbons (Fsp3) is 0.500. The van der Waals surface area contributed by atoms with Crippen molar-refractivity contribution in [3.05, 3.63) is 29.8 Å². The zero-order valence-corrected chi connectivity index (χ0v) is 11.8. The van der Waals surface area contributed by atoms with Gasteiger partial charge in [0.05, 0.1) is 13.2 Å². The third kappa shape index (κ3) is 4.52. The lowest BCUT2D eigenvalue weighted by atomic mass is 10.1. The quantitative estimate of drug-likeness (QED) is 0.866. The molecular weight excluding hydrogens is 301 g/mol. The van der Waals surface area contributed by atoms with Gasteiger partial charge in [0.2, 0.25) is 0 Å². The molecule has 8 heteroatoms. The summed E-state index contributed by atoms with van der Waals surface area (Å²) >= 11 is 0. The van der Waals surface area contributed by atoms with Crippen molar-refractivity contribution in [2.45, 2.75) is 18.7 Å². The van der Waals surface area contributed by atoms with Crippen LogP contribution in [-0.2, 0) is 6.42 Å². The minimum absolute atomic E-state index is 0.104. The number of aliphatic hydroxyl groups is 1. The lowest BCUT2D eigenvalue weighted by Gasteiger charge is -2.24. The monoisotopic (exact) mass is 318 g/mol. The smallest absolute Gasteiger partial charge is 0.406 e. The Kier molecular flexibility index (Phi) is 5.12. The fourth-order valence-electron chi connectivity index (χ4n) is 2.27. The molecule has 122 valence electrons. The number of rotatable bonds is 5. The van der Waals surface area contributed by atoms with Crippen molar-refractivity contribution in [3.63, 3.8) is 0 Å².